The SMILES string of the molecule is C=C1CCC(CC)=C(C(=O)c2ccc(C)cc2)C1=CC(=CC)NS(C)(=O)=O. The summed E-state index contributed by atoms with van der Waals surface area (Å²) < 4.78 is 25.8. The molecule has 0 saturated heterocycles. The van der Waals surface area contributed by atoms with Crippen molar-refractivity contribution in [2.45, 2.75) is 40.0 Å². The second kappa shape index (κ2) is 8.53. The van der Waals surface area contributed by atoms with Gasteiger partial charge in [-0.15, -0.1) is 0 Å². The van der Waals surface area contributed by atoms with E-state index < -0.39 is 10.0 Å². The van der Waals surface area contributed by atoms with Crippen LogP contribution in [0, 0.1) is 6.92 Å². The second-order valence-corrected chi connectivity index (χ2v) is 8.56. The molecule has 1 aliphatic rings. The number of hydrogen-bond acceptors (Lipinski definition) is 3. The van der Waals surface area contributed by atoms with E-state index in [1.54, 1.807) is 19.1 Å². The number of nitrogens with one attached hydrogen (secondary N) is 1. The molecular weight excluding hydrogens is 358 g/mol. The lowest BCUT2D eigenvalue weighted by atomic mass is 9.79. The lowest BCUT2D eigenvalue weighted by Crippen LogP contribution is -2.21. The molecule has 1 aliphatic carbocycles. The van der Waals surface area contributed by atoms with Crippen molar-refractivity contribution >= 4 is 15.8 Å². The highest BCUT2D eigenvalue weighted by atomic mass is 32.2. The van der Waals surface area contributed by atoms with Crippen molar-refractivity contribution in [2.75, 3.05) is 6.26 Å². The van der Waals surface area contributed by atoms with Crippen LogP contribution in [-0.2, 0) is 10.0 Å². The Morgan fingerprint density at radius 1 is 1.22 bits per heavy atom. The molecule has 0 saturated carbocycles. The van der Waals surface area contributed by atoms with Gasteiger partial charge in [0.1, 0.15) is 0 Å². The van der Waals surface area contributed by atoms with Crippen LogP contribution >= 0.6 is 0 Å². The number of rotatable bonds is 6. The Balaban J connectivity index is 2.58. The van der Waals surface area contributed by atoms with Gasteiger partial charge < -0.3 is 0 Å². The molecule has 0 atom stereocenters. The third kappa shape index (κ3) is 5.30. The van der Waals surface area contributed by atoms with Gasteiger partial charge >= 0.3 is 0 Å². The second-order valence-electron chi connectivity index (χ2n) is 6.81. The first-order valence-electron chi connectivity index (χ1n) is 9.04. The predicted molar refractivity (Wildman–Crippen MR) is 111 cm³/mol. The lowest BCUT2D eigenvalue weighted by molar-refractivity contribution is 0.103. The third-order valence-electron chi connectivity index (χ3n) is 4.61. The fourth-order valence-electron chi connectivity index (χ4n) is 3.13. The van der Waals surface area contributed by atoms with Crippen LogP contribution < -0.4 is 4.72 Å². The Labute approximate surface area is 162 Å². The minimum atomic E-state index is -3.41. The first-order valence-corrected chi connectivity index (χ1v) is 10.9. The van der Waals surface area contributed by atoms with Gasteiger partial charge in [0, 0.05) is 16.8 Å². The quantitative estimate of drug-likeness (QED) is 0.727. The van der Waals surface area contributed by atoms with Gasteiger partial charge in [-0.3, -0.25) is 9.52 Å². The highest BCUT2D eigenvalue weighted by molar-refractivity contribution is 7.88. The molecule has 0 aromatic heterocycles. The maximum Gasteiger partial charge on any atom is 0.229 e. The number of carbonyl (C=O) groups excluding carboxylic acids is 1. The summed E-state index contributed by atoms with van der Waals surface area (Å²) in [7, 11) is -3.41. The number of Topliss-reactive ketones (excluding diaryl/α,β-unsaturated/α-hetero) is 1. The van der Waals surface area contributed by atoms with Gasteiger partial charge in [-0.2, -0.15) is 0 Å². The number of allylic oxidation sites excluding steroid dienone is 6. The number of ketones is 1. The van der Waals surface area contributed by atoms with Crippen molar-refractivity contribution in [2.24, 2.45) is 0 Å². The summed E-state index contributed by atoms with van der Waals surface area (Å²) in [4.78, 5) is 13.3. The number of benzene rings is 1. The minimum absolute atomic E-state index is 0.0474. The van der Waals surface area contributed by atoms with Gasteiger partial charge in [-0.25, -0.2) is 8.42 Å². The minimum Gasteiger partial charge on any atom is -0.289 e. The molecule has 0 aliphatic heterocycles. The number of carbonyl (C=O) groups is 1. The van der Waals surface area contributed by atoms with Crippen molar-refractivity contribution in [3.8, 4) is 0 Å². The van der Waals surface area contributed by atoms with Crippen LogP contribution in [0.2, 0.25) is 0 Å². The molecule has 2 rings (SSSR count). The summed E-state index contributed by atoms with van der Waals surface area (Å²) >= 11 is 0. The fourth-order valence-corrected chi connectivity index (χ4v) is 3.73. The smallest absolute Gasteiger partial charge is 0.229 e. The normalized spacial score (nSPS) is 17.4. The Hall–Kier alpha value is -2.40. The van der Waals surface area contributed by atoms with Gasteiger partial charge in [0.2, 0.25) is 10.0 Å². The Kier molecular flexibility index (Phi) is 6.60. The topological polar surface area (TPSA) is 63.2 Å². The summed E-state index contributed by atoms with van der Waals surface area (Å²) in [5.74, 6) is -0.0474. The van der Waals surface area contributed by atoms with E-state index in [4.69, 9.17) is 0 Å². The highest BCUT2D eigenvalue weighted by Crippen LogP contribution is 2.37. The van der Waals surface area contributed by atoms with Crippen LogP contribution in [0.5, 0.6) is 0 Å². The maximum absolute atomic E-state index is 13.3. The van der Waals surface area contributed by atoms with Gasteiger partial charge in [-0.1, -0.05) is 55.0 Å². The Bertz CT molecular complexity index is 946. The van der Waals surface area contributed by atoms with Crippen LogP contribution in [0.25, 0.3) is 0 Å². The molecule has 0 unspecified atom stereocenters. The number of sulfonamides is 1. The van der Waals surface area contributed by atoms with Crippen LogP contribution in [0.3, 0.4) is 0 Å². The molecule has 0 fully saturated rings. The van der Waals surface area contributed by atoms with E-state index in [1.165, 1.54) is 0 Å². The summed E-state index contributed by atoms with van der Waals surface area (Å²) in [5, 5.41) is 0. The molecule has 4 nitrogen and oxygen atoms in total. The van der Waals surface area contributed by atoms with Gasteiger partial charge in [0.05, 0.1) is 6.26 Å². The fraction of sp³-hybridized carbons (Fsp3) is 0.318. The van der Waals surface area contributed by atoms with E-state index in [9.17, 15) is 13.2 Å². The standard InChI is InChI=1S/C22H27NO3S/c1-6-17-13-10-16(4)20(14-19(7-2)23-27(5,25)26)21(17)22(24)18-11-8-15(3)9-12-18/h7-9,11-12,14,23H,4,6,10,13H2,1-3,5H3. The number of aryl methyl sites for hydroxylation is 1. The first-order chi connectivity index (χ1) is 12.7. The summed E-state index contributed by atoms with van der Waals surface area (Å²) in [6, 6.07) is 7.50. The molecule has 5 heteroatoms. The predicted octanol–water partition coefficient (Wildman–Crippen LogP) is 4.61. The van der Waals surface area contributed by atoms with E-state index in [0.29, 0.717) is 22.4 Å². The zero-order valence-corrected chi connectivity index (χ0v) is 17.2. The van der Waals surface area contributed by atoms with Crippen molar-refractivity contribution in [3.05, 3.63) is 82.1 Å². The molecule has 0 bridgehead atoms. The molecule has 27 heavy (non-hydrogen) atoms. The van der Waals surface area contributed by atoms with Gasteiger partial charge in [-0.05, 0) is 50.3 Å². The summed E-state index contributed by atoms with van der Waals surface area (Å²) in [5.41, 5.74) is 5.43. The maximum atomic E-state index is 13.3. The zero-order chi connectivity index (χ0) is 20.2. The van der Waals surface area contributed by atoms with Crippen molar-refractivity contribution < 1.29 is 13.2 Å². The van der Waals surface area contributed by atoms with Crippen LogP contribution in [0.15, 0.2) is 71.0 Å². The van der Waals surface area contributed by atoms with Crippen molar-refractivity contribution in [1.29, 1.82) is 0 Å². The average Bonchev–Trinajstić information content (AvgIpc) is 2.61. The largest absolute Gasteiger partial charge is 0.289 e. The molecule has 1 N–H and O–H groups in total. The molecule has 144 valence electrons. The highest BCUT2D eigenvalue weighted by Gasteiger charge is 2.26. The van der Waals surface area contributed by atoms with Crippen molar-refractivity contribution in [3.63, 3.8) is 0 Å². The molecule has 0 radical (unpaired) electrons. The van der Waals surface area contributed by atoms with Crippen LogP contribution in [0.4, 0.5) is 0 Å². The molecular formula is C22H27NO3S. The Morgan fingerprint density at radius 2 is 1.85 bits per heavy atom. The zero-order valence-electron chi connectivity index (χ0n) is 16.4. The van der Waals surface area contributed by atoms with E-state index in [-0.39, 0.29) is 5.78 Å². The molecule has 0 spiro atoms. The van der Waals surface area contributed by atoms with Gasteiger partial charge in [0.25, 0.3) is 0 Å². The molecule has 0 heterocycles. The van der Waals surface area contributed by atoms with Gasteiger partial charge in [0.15, 0.2) is 5.78 Å². The lowest BCUT2D eigenvalue weighted by Gasteiger charge is -2.24. The summed E-state index contributed by atoms with van der Waals surface area (Å²) in [6.45, 7) is 9.90. The monoisotopic (exact) mass is 385 g/mol. The average molecular weight is 386 g/mol. The molecule has 0 amide bonds. The molecule has 1 aromatic rings. The molecule has 1 aromatic carbocycles. The first kappa shape index (κ1) is 20.9. The van der Waals surface area contributed by atoms with E-state index in [1.807, 2.05) is 38.1 Å². The van der Waals surface area contributed by atoms with E-state index in [2.05, 4.69) is 11.3 Å². The summed E-state index contributed by atoms with van der Waals surface area (Å²) in [6.07, 6.45) is 6.83. The third-order valence-corrected chi connectivity index (χ3v) is 5.22. The number of hydrogen-bond donors (Lipinski definition) is 1. The van der Waals surface area contributed by atoms with Crippen LogP contribution in [-0.4, -0.2) is 20.5 Å². The van der Waals surface area contributed by atoms with Crippen molar-refractivity contribution in [1.82, 2.24) is 4.72 Å². The Morgan fingerprint density at radius 3 is 2.37 bits per heavy atom. The van der Waals surface area contributed by atoms with E-state index in [0.717, 1.165) is 42.2 Å². The van der Waals surface area contributed by atoms with Crippen LogP contribution in [0.1, 0.15) is 49.0 Å². The van der Waals surface area contributed by atoms with E-state index >= 15 is 0 Å².